The highest BCUT2D eigenvalue weighted by Gasteiger charge is 2.20. The summed E-state index contributed by atoms with van der Waals surface area (Å²) < 4.78 is 50.3. The number of sulfonamides is 1. The molecule has 7 heteroatoms. The molecule has 0 atom stereocenters. The van der Waals surface area contributed by atoms with Gasteiger partial charge in [-0.15, -0.1) is 0 Å². The van der Waals surface area contributed by atoms with Crippen LogP contribution in [0.15, 0.2) is 47.4 Å². The zero-order valence-corrected chi connectivity index (χ0v) is 13.0. The van der Waals surface area contributed by atoms with Crippen molar-refractivity contribution in [2.75, 3.05) is 14.2 Å². The molecule has 1 N–H and O–H groups in total. The van der Waals surface area contributed by atoms with Crippen LogP contribution in [0.2, 0.25) is 0 Å². The molecule has 2 rings (SSSR count). The summed E-state index contributed by atoms with van der Waals surface area (Å²) >= 11 is 0. The molecule has 0 bridgehead atoms. The van der Waals surface area contributed by atoms with Crippen LogP contribution in [0.3, 0.4) is 0 Å². The average Bonchev–Trinajstić information content (AvgIpc) is 2.53. The van der Waals surface area contributed by atoms with E-state index in [4.69, 9.17) is 9.47 Å². The topological polar surface area (TPSA) is 64.6 Å². The number of nitrogens with one attached hydrogen (secondary N) is 1. The van der Waals surface area contributed by atoms with Gasteiger partial charge in [-0.05, 0) is 35.9 Å². The van der Waals surface area contributed by atoms with Gasteiger partial charge >= 0.3 is 0 Å². The minimum Gasteiger partial charge on any atom is -0.497 e. The monoisotopic (exact) mass is 325 g/mol. The highest BCUT2D eigenvalue weighted by atomic mass is 32.2. The number of ether oxygens (including phenoxy) is 2. The van der Waals surface area contributed by atoms with Crippen molar-refractivity contribution in [1.82, 2.24) is 4.72 Å². The summed E-state index contributed by atoms with van der Waals surface area (Å²) in [4.78, 5) is -0.233. The Kier molecular flexibility index (Phi) is 4.99. The third-order valence-electron chi connectivity index (χ3n) is 3.04. The highest BCUT2D eigenvalue weighted by molar-refractivity contribution is 7.89. The highest BCUT2D eigenvalue weighted by Crippen LogP contribution is 2.24. The van der Waals surface area contributed by atoms with E-state index in [0.717, 1.165) is 17.7 Å². The Balaban J connectivity index is 2.18. The van der Waals surface area contributed by atoms with Crippen LogP contribution in [0, 0.1) is 5.82 Å². The van der Waals surface area contributed by atoms with Crippen molar-refractivity contribution in [3.05, 3.63) is 53.8 Å². The van der Waals surface area contributed by atoms with Gasteiger partial charge in [0.25, 0.3) is 0 Å². The molecule has 0 fully saturated rings. The Bertz CT molecular complexity index is 745. The molecule has 0 saturated carbocycles. The van der Waals surface area contributed by atoms with Crippen molar-refractivity contribution < 1.29 is 22.3 Å². The van der Waals surface area contributed by atoms with Crippen LogP contribution in [0.25, 0.3) is 0 Å². The summed E-state index contributed by atoms with van der Waals surface area (Å²) in [6.07, 6.45) is 0. The largest absolute Gasteiger partial charge is 0.497 e. The van der Waals surface area contributed by atoms with Gasteiger partial charge in [0, 0.05) is 6.54 Å². The zero-order chi connectivity index (χ0) is 16.2. The van der Waals surface area contributed by atoms with Gasteiger partial charge in [-0.1, -0.05) is 12.1 Å². The van der Waals surface area contributed by atoms with Crippen LogP contribution in [-0.2, 0) is 16.6 Å². The van der Waals surface area contributed by atoms with Gasteiger partial charge in [-0.25, -0.2) is 17.5 Å². The summed E-state index contributed by atoms with van der Waals surface area (Å²) in [6.45, 7) is 0.0754. The van der Waals surface area contributed by atoms with Crippen LogP contribution in [0.1, 0.15) is 5.56 Å². The molecule has 0 saturated heterocycles. The standard InChI is InChI=1S/C15H16FNO4S/c1-20-13-6-3-11(4-7-13)10-17-22(18,19)15-9-12(16)5-8-14(15)21-2/h3-9,17H,10H2,1-2H3. The molecule has 0 unspecified atom stereocenters. The second kappa shape index (κ2) is 6.76. The number of hydrogen-bond donors (Lipinski definition) is 1. The van der Waals surface area contributed by atoms with Crippen molar-refractivity contribution in [3.8, 4) is 11.5 Å². The fourth-order valence-corrected chi connectivity index (χ4v) is 3.06. The van der Waals surface area contributed by atoms with Crippen LogP contribution in [-0.4, -0.2) is 22.6 Å². The lowest BCUT2D eigenvalue weighted by molar-refractivity contribution is 0.400. The number of hydrogen-bond acceptors (Lipinski definition) is 4. The molecule has 0 heterocycles. The Labute approximate surface area is 128 Å². The van der Waals surface area contributed by atoms with Crippen molar-refractivity contribution in [2.24, 2.45) is 0 Å². The van der Waals surface area contributed by atoms with Crippen molar-refractivity contribution in [1.29, 1.82) is 0 Å². The van der Waals surface area contributed by atoms with E-state index in [1.54, 1.807) is 31.4 Å². The average molecular weight is 325 g/mol. The van der Waals surface area contributed by atoms with Crippen molar-refractivity contribution in [3.63, 3.8) is 0 Å². The predicted octanol–water partition coefficient (Wildman–Crippen LogP) is 2.32. The SMILES string of the molecule is COc1ccc(CNS(=O)(=O)c2cc(F)ccc2OC)cc1. The summed E-state index contributed by atoms with van der Waals surface area (Å²) in [7, 11) is -1.01. The summed E-state index contributed by atoms with van der Waals surface area (Å²) in [5.74, 6) is 0.118. The lowest BCUT2D eigenvalue weighted by Crippen LogP contribution is -2.23. The second-order valence-electron chi connectivity index (χ2n) is 4.47. The van der Waals surface area contributed by atoms with Crippen LogP contribution in [0.4, 0.5) is 4.39 Å². The minimum absolute atomic E-state index is 0.0754. The van der Waals surface area contributed by atoms with Crippen molar-refractivity contribution in [2.45, 2.75) is 11.4 Å². The first kappa shape index (κ1) is 16.3. The molecule has 0 radical (unpaired) electrons. The van der Waals surface area contributed by atoms with Gasteiger partial charge in [0.2, 0.25) is 10.0 Å². The van der Waals surface area contributed by atoms with Gasteiger partial charge in [0.1, 0.15) is 22.2 Å². The fourth-order valence-electron chi connectivity index (χ4n) is 1.86. The van der Waals surface area contributed by atoms with Gasteiger partial charge in [0.15, 0.2) is 0 Å². The number of halogens is 1. The molecule has 5 nitrogen and oxygen atoms in total. The maximum atomic E-state index is 13.3. The molecule has 0 aliphatic rings. The number of benzene rings is 2. The molecule has 0 amide bonds. The van der Waals surface area contributed by atoms with E-state index in [1.807, 2.05) is 0 Å². The lowest BCUT2D eigenvalue weighted by Gasteiger charge is -2.11. The van der Waals surface area contributed by atoms with Gasteiger partial charge < -0.3 is 9.47 Å². The second-order valence-corrected chi connectivity index (χ2v) is 6.20. The lowest BCUT2D eigenvalue weighted by atomic mass is 10.2. The molecule has 2 aromatic carbocycles. The smallest absolute Gasteiger partial charge is 0.244 e. The van der Waals surface area contributed by atoms with E-state index in [2.05, 4.69) is 4.72 Å². The third kappa shape index (κ3) is 3.75. The third-order valence-corrected chi connectivity index (χ3v) is 4.46. The van der Waals surface area contributed by atoms with E-state index in [-0.39, 0.29) is 17.2 Å². The first-order valence-electron chi connectivity index (χ1n) is 6.42. The Morgan fingerprint density at radius 1 is 1.05 bits per heavy atom. The Hall–Kier alpha value is -2.12. The van der Waals surface area contributed by atoms with Crippen LogP contribution < -0.4 is 14.2 Å². The maximum Gasteiger partial charge on any atom is 0.244 e. The molecule has 22 heavy (non-hydrogen) atoms. The predicted molar refractivity (Wildman–Crippen MR) is 80.0 cm³/mol. The molecule has 0 spiro atoms. The molecular weight excluding hydrogens is 309 g/mol. The van der Waals surface area contributed by atoms with E-state index in [9.17, 15) is 12.8 Å². The maximum absolute atomic E-state index is 13.3. The van der Waals surface area contributed by atoms with E-state index >= 15 is 0 Å². The molecule has 0 aliphatic carbocycles. The summed E-state index contributed by atoms with van der Waals surface area (Å²) in [5, 5.41) is 0. The number of methoxy groups -OCH3 is 2. The Morgan fingerprint density at radius 2 is 1.73 bits per heavy atom. The Morgan fingerprint density at radius 3 is 2.32 bits per heavy atom. The van der Waals surface area contributed by atoms with E-state index in [1.165, 1.54) is 13.2 Å². The fraction of sp³-hybridized carbons (Fsp3) is 0.200. The molecule has 0 aliphatic heterocycles. The molecule has 118 valence electrons. The van der Waals surface area contributed by atoms with Crippen molar-refractivity contribution >= 4 is 10.0 Å². The van der Waals surface area contributed by atoms with Gasteiger partial charge in [0.05, 0.1) is 14.2 Å². The number of rotatable bonds is 6. The molecule has 2 aromatic rings. The first-order chi connectivity index (χ1) is 10.5. The van der Waals surface area contributed by atoms with E-state index < -0.39 is 15.8 Å². The van der Waals surface area contributed by atoms with E-state index in [0.29, 0.717) is 5.75 Å². The summed E-state index contributed by atoms with van der Waals surface area (Å²) in [6, 6.07) is 10.3. The first-order valence-corrected chi connectivity index (χ1v) is 7.90. The minimum atomic E-state index is -3.89. The summed E-state index contributed by atoms with van der Waals surface area (Å²) in [5.41, 5.74) is 0.750. The normalized spacial score (nSPS) is 11.2. The quantitative estimate of drug-likeness (QED) is 0.885. The molecule has 0 aromatic heterocycles. The molecular formula is C15H16FNO4S. The van der Waals surface area contributed by atoms with Gasteiger partial charge in [-0.2, -0.15) is 0 Å². The van der Waals surface area contributed by atoms with Crippen LogP contribution in [0.5, 0.6) is 11.5 Å². The zero-order valence-electron chi connectivity index (χ0n) is 12.2. The van der Waals surface area contributed by atoms with Gasteiger partial charge in [-0.3, -0.25) is 0 Å². The van der Waals surface area contributed by atoms with Crippen LogP contribution >= 0.6 is 0 Å².